The zero-order chi connectivity index (χ0) is 15.8. The van der Waals surface area contributed by atoms with Gasteiger partial charge in [-0.3, -0.25) is 9.36 Å². The third-order valence-electron chi connectivity index (χ3n) is 2.73. The van der Waals surface area contributed by atoms with E-state index in [2.05, 4.69) is 0 Å². The molecule has 1 aromatic heterocycles. The van der Waals surface area contributed by atoms with E-state index in [4.69, 9.17) is 9.47 Å². The third-order valence-corrected chi connectivity index (χ3v) is 2.73. The maximum Gasteiger partial charge on any atom is 0.329 e. The van der Waals surface area contributed by atoms with Crippen molar-refractivity contribution in [2.75, 3.05) is 13.2 Å². The second-order valence-corrected chi connectivity index (χ2v) is 4.53. The van der Waals surface area contributed by atoms with E-state index in [-0.39, 0.29) is 31.4 Å². The minimum Gasteiger partial charge on any atom is -0.494 e. The SMILES string of the molecule is CCCOC(=O)CC(C(=O)OCCC)n1c(O)ccc1O. The monoisotopic (exact) mass is 299 g/mol. The van der Waals surface area contributed by atoms with Gasteiger partial charge in [0.05, 0.1) is 19.6 Å². The predicted octanol–water partition coefficient (Wildman–Crippen LogP) is 1.74. The second-order valence-electron chi connectivity index (χ2n) is 4.53. The highest BCUT2D eigenvalue weighted by molar-refractivity contribution is 5.82. The molecule has 0 saturated carbocycles. The van der Waals surface area contributed by atoms with E-state index >= 15 is 0 Å². The van der Waals surface area contributed by atoms with Crippen molar-refractivity contribution in [2.45, 2.75) is 39.2 Å². The van der Waals surface area contributed by atoms with Crippen LogP contribution >= 0.6 is 0 Å². The van der Waals surface area contributed by atoms with Crippen molar-refractivity contribution >= 4 is 11.9 Å². The summed E-state index contributed by atoms with van der Waals surface area (Å²) in [4.78, 5) is 23.7. The first-order valence-corrected chi connectivity index (χ1v) is 6.92. The van der Waals surface area contributed by atoms with E-state index in [0.29, 0.717) is 12.8 Å². The first-order chi connectivity index (χ1) is 10.0. The zero-order valence-corrected chi connectivity index (χ0v) is 12.2. The molecule has 7 nitrogen and oxygen atoms in total. The van der Waals surface area contributed by atoms with Crippen LogP contribution in [0.2, 0.25) is 0 Å². The second kappa shape index (κ2) is 8.18. The molecular weight excluding hydrogens is 278 g/mol. The van der Waals surface area contributed by atoms with Crippen molar-refractivity contribution in [2.24, 2.45) is 0 Å². The zero-order valence-electron chi connectivity index (χ0n) is 12.2. The molecule has 0 fully saturated rings. The van der Waals surface area contributed by atoms with Gasteiger partial charge in [-0.15, -0.1) is 0 Å². The Morgan fingerprint density at radius 2 is 1.62 bits per heavy atom. The number of carbonyl (C=O) groups excluding carboxylic acids is 2. The molecule has 0 aliphatic heterocycles. The Morgan fingerprint density at radius 1 is 1.10 bits per heavy atom. The molecule has 21 heavy (non-hydrogen) atoms. The summed E-state index contributed by atoms with van der Waals surface area (Å²) in [5.41, 5.74) is 0. The number of aromatic hydroxyl groups is 2. The first-order valence-electron chi connectivity index (χ1n) is 6.92. The van der Waals surface area contributed by atoms with Crippen LogP contribution in [0.1, 0.15) is 39.2 Å². The smallest absolute Gasteiger partial charge is 0.329 e. The molecule has 2 N–H and O–H groups in total. The van der Waals surface area contributed by atoms with Crippen LogP contribution in [0.15, 0.2) is 12.1 Å². The molecule has 0 saturated heterocycles. The molecule has 0 aromatic carbocycles. The molecule has 7 heteroatoms. The van der Waals surface area contributed by atoms with Gasteiger partial charge in [0.15, 0.2) is 11.8 Å². The van der Waals surface area contributed by atoms with Crippen LogP contribution in [0.5, 0.6) is 11.8 Å². The van der Waals surface area contributed by atoms with Gasteiger partial charge in [-0.25, -0.2) is 4.79 Å². The molecule has 0 spiro atoms. The molecule has 0 aliphatic carbocycles. The fraction of sp³-hybridized carbons (Fsp3) is 0.571. The lowest BCUT2D eigenvalue weighted by molar-refractivity contribution is -0.154. The van der Waals surface area contributed by atoms with Crippen molar-refractivity contribution in [3.8, 4) is 11.8 Å². The summed E-state index contributed by atoms with van der Waals surface area (Å²) in [6.07, 6.45) is 0.970. The van der Waals surface area contributed by atoms with Gasteiger partial charge in [0.25, 0.3) is 0 Å². The minimum atomic E-state index is -1.16. The van der Waals surface area contributed by atoms with Crippen molar-refractivity contribution in [1.29, 1.82) is 0 Å². The number of hydrogen-bond donors (Lipinski definition) is 2. The van der Waals surface area contributed by atoms with E-state index in [1.165, 1.54) is 12.1 Å². The lowest BCUT2D eigenvalue weighted by atomic mass is 10.2. The Bertz CT molecular complexity index is 462. The van der Waals surface area contributed by atoms with Gasteiger partial charge in [0.2, 0.25) is 0 Å². The Kier molecular flexibility index (Phi) is 6.58. The Morgan fingerprint density at radius 3 is 2.14 bits per heavy atom. The summed E-state index contributed by atoms with van der Waals surface area (Å²) >= 11 is 0. The van der Waals surface area contributed by atoms with Crippen LogP contribution in [0, 0.1) is 0 Å². The molecule has 1 rings (SSSR count). The van der Waals surface area contributed by atoms with Gasteiger partial charge in [0, 0.05) is 12.1 Å². The van der Waals surface area contributed by atoms with E-state index in [9.17, 15) is 19.8 Å². The fourth-order valence-corrected chi connectivity index (χ4v) is 1.76. The van der Waals surface area contributed by atoms with Gasteiger partial charge < -0.3 is 19.7 Å². The van der Waals surface area contributed by atoms with E-state index in [0.717, 1.165) is 4.57 Å². The summed E-state index contributed by atoms with van der Waals surface area (Å²) in [5.74, 6) is -1.95. The third kappa shape index (κ3) is 4.70. The van der Waals surface area contributed by atoms with Crippen LogP contribution < -0.4 is 0 Å². The number of carbonyl (C=O) groups is 2. The fourth-order valence-electron chi connectivity index (χ4n) is 1.76. The number of ether oxygens (including phenoxy) is 2. The summed E-state index contributed by atoms with van der Waals surface area (Å²) in [6.45, 7) is 4.13. The average Bonchev–Trinajstić information content (AvgIpc) is 2.79. The maximum absolute atomic E-state index is 12.0. The Hall–Kier alpha value is -2.18. The molecule has 0 radical (unpaired) electrons. The summed E-state index contributed by atoms with van der Waals surface area (Å²) in [5, 5.41) is 19.4. The van der Waals surface area contributed by atoms with E-state index in [1.54, 1.807) is 0 Å². The molecule has 118 valence electrons. The van der Waals surface area contributed by atoms with Crippen LogP contribution in [0.3, 0.4) is 0 Å². The van der Waals surface area contributed by atoms with Crippen LogP contribution in [0.25, 0.3) is 0 Å². The lowest BCUT2D eigenvalue weighted by Gasteiger charge is -2.18. The molecule has 0 bridgehead atoms. The number of hydrogen-bond acceptors (Lipinski definition) is 6. The molecule has 0 aliphatic rings. The lowest BCUT2D eigenvalue weighted by Crippen LogP contribution is -2.25. The number of rotatable bonds is 8. The molecule has 0 amide bonds. The average molecular weight is 299 g/mol. The highest BCUT2D eigenvalue weighted by Gasteiger charge is 2.29. The molecule has 1 heterocycles. The van der Waals surface area contributed by atoms with Crippen molar-refractivity contribution in [3.63, 3.8) is 0 Å². The highest BCUT2D eigenvalue weighted by atomic mass is 16.5. The molecule has 1 aromatic rings. The van der Waals surface area contributed by atoms with Gasteiger partial charge in [-0.2, -0.15) is 0 Å². The number of nitrogens with zero attached hydrogens (tertiary/aromatic N) is 1. The van der Waals surface area contributed by atoms with Gasteiger partial charge in [0.1, 0.15) is 6.04 Å². The number of aromatic nitrogens is 1. The van der Waals surface area contributed by atoms with Crippen molar-refractivity contribution in [3.05, 3.63) is 12.1 Å². The van der Waals surface area contributed by atoms with Gasteiger partial charge in [-0.1, -0.05) is 13.8 Å². The maximum atomic E-state index is 12.0. The van der Waals surface area contributed by atoms with Gasteiger partial charge >= 0.3 is 11.9 Å². The summed E-state index contributed by atoms with van der Waals surface area (Å²) < 4.78 is 10.9. The molecule has 1 unspecified atom stereocenters. The van der Waals surface area contributed by atoms with Crippen molar-refractivity contribution < 1.29 is 29.3 Å². The predicted molar refractivity (Wildman–Crippen MR) is 73.9 cm³/mol. The Balaban J connectivity index is 2.90. The van der Waals surface area contributed by atoms with Crippen LogP contribution in [-0.2, 0) is 19.1 Å². The normalized spacial score (nSPS) is 11.9. The largest absolute Gasteiger partial charge is 0.494 e. The summed E-state index contributed by atoms with van der Waals surface area (Å²) in [7, 11) is 0. The molecular formula is C14H21NO6. The van der Waals surface area contributed by atoms with Gasteiger partial charge in [-0.05, 0) is 12.8 Å². The van der Waals surface area contributed by atoms with Crippen LogP contribution in [0.4, 0.5) is 0 Å². The first kappa shape index (κ1) is 16.9. The molecule has 1 atom stereocenters. The van der Waals surface area contributed by atoms with Crippen molar-refractivity contribution in [1.82, 2.24) is 4.57 Å². The number of esters is 2. The van der Waals surface area contributed by atoms with E-state index in [1.807, 2.05) is 13.8 Å². The van der Waals surface area contributed by atoms with Crippen LogP contribution in [-0.4, -0.2) is 39.9 Å². The highest BCUT2D eigenvalue weighted by Crippen LogP contribution is 2.29. The standard InChI is InChI=1S/C14H21NO6/c1-3-7-20-13(18)9-10(14(19)21-8-4-2)15-11(16)5-6-12(15)17/h5-6,10,16-17H,3-4,7-9H2,1-2H3. The minimum absolute atomic E-state index is 0.197. The van der Waals surface area contributed by atoms with E-state index < -0.39 is 18.0 Å². The quantitative estimate of drug-likeness (QED) is 0.709. The topological polar surface area (TPSA) is 98.0 Å². The summed E-state index contributed by atoms with van der Waals surface area (Å²) in [6, 6.07) is 1.30. The Labute approximate surface area is 123 Å².